The molecule has 0 spiro atoms. The molecule has 1 aliphatic rings. The number of carbonyl (C=O) groups is 4. The van der Waals surface area contributed by atoms with Crippen LogP contribution in [-0.2, 0) is 23.9 Å². The molecule has 0 bridgehead atoms. The molecule has 12 heteroatoms. The molecule has 1 saturated heterocycles. The molecule has 3 N–H and O–H groups in total. The summed E-state index contributed by atoms with van der Waals surface area (Å²) in [4.78, 5) is 49.3. The number of hydrogen-bond acceptors (Lipinski definition) is 8. The second-order valence-electron chi connectivity index (χ2n) is 14.2. The summed E-state index contributed by atoms with van der Waals surface area (Å²) in [7, 11) is 9.81. The van der Waals surface area contributed by atoms with Crippen LogP contribution in [-0.4, -0.2) is 110 Å². The van der Waals surface area contributed by atoms with E-state index in [0.29, 0.717) is 44.4 Å². The molecule has 1 fully saturated rings. The van der Waals surface area contributed by atoms with Crippen molar-refractivity contribution in [2.45, 2.75) is 136 Å². The Morgan fingerprint density at radius 3 is 2.28 bits per heavy atom. The van der Waals surface area contributed by atoms with Crippen LogP contribution < -0.4 is 16.0 Å². The quantitative estimate of drug-likeness (QED) is 0.0987. The summed E-state index contributed by atoms with van der Waals surface area (Å²) in [6, 6.07) is -0.0792. The third-order valence-corrected chi connectivity index (χ3v) is 11.0. The maximum absolute atomic E-state index is 12.3. The fraction of sp³-hybridized carbons (Fsp3) is 0.886. The van der Waals surface area contributed by atoms with Crippen LogP contribution in [0.4, 0.5) is 0 Å². The van der Waals surface area contributed by atoms with E-state index in [2.05, 4.69) is 50.6 Å². The number of likely N-dealkylation sites (N-methyl/N-ethyl adjacent to an activating group) is 1. The molecule has 47 heavy (non-hydrogen) atoms. The minimum Gasteiger partial charge on any atom is -0.385 e. The van der Waals surface area contributed by atoms with Crippen LogP contribution in [0.2, 0.25) is 0 Å². The molecular formula is C35H67BN4O5S2. The molecule has 2 radical (unpaired) electrons. The molecule has 0 aromatic carbocycles. The molecule has 1 heterocycles. The van der Waals surface area contributed by atoms with E-state index >= 15 is 0 Å². The number of ether oxygens (including phenoxy) is 1. The van der Waals surface area contributed by atoms with E-state index in [-0.39, 0.29) is 47.1 Å². The van der Waals surface area contributed by atoms with Gasteiger partial charge in [0, 0.05) is 47.5 Å². The molecule has 0 saturated carbocycles. The lowest BCUT2D eigenvalue weighted by atomic mass is 9.80. The summed E-state index contributed by atoms with van der Waals surface area (Å²) in [5.74, 6) is 4.07. The third kappa shape index (κ3) is 23.7. The Labute approximate surface area is 297 Å². The average Bonchev–Trinajstić information content (AvgIpc) is 3.37. The molecule has 272 valence electrons. The Balaban J connectivity index is 0.00000134. The summed E-state index contributed by atoms with van der Waals surface area (Å²) in [6.45, 7) is 17.4. The summed E-state index contributed by atoms with van der Waals surface area (Å²) in [5.41, 5.74) is -1.01. The number of amides is 3. The van der Waals surface area contributed by atoms with Crippen molar-refractivity contribution in [1.82, 2.24) is 20.9 Å². The Kier molecular flexibility index (Phi) is 24.2. The highest BCUT2D eigenvalue weighted by Crippen LogP contribution is 2.30. The highest BCUT2D eigenvalue weighted by Gasteiger charge is 2.27. The number of rotatable bonds is 23. The number of nitrogens with zero attached hydrogens (tertiary/aromatic N) is 1. The van der Waals surface area contributed by atoms with Crippen molar-refractivity contribution in [3.8, 4) is 0 Å². The van der Waals surface area contributed by atoms with Gasteiger partial charge >= 0.3 is 0 Å². The van der Waals surface area contributed by atoms with E-state index in [1.165, 1.54) is 31.9 Å². The summed E-state index contributed by atoms with van der Waals surface area (Å²) in [6.07, 6.45) is 7.61. The number of ketones is 1. The van der Waals surface area contributed by atoms with Gasteiger partial charge in [-0.2, -0.15) is 23.5 Å². The molecule has 9 nitrogen and oxygen atoms in total. The Morgan fingerprint density at radius 1 is 1.04 bits per heavy atom. The summed E-state index contributed by atoms with van der Waals surface area (Å²) < 4.78 is 5.96. The van der Waals surface area contributed by atoms with Gasteiger partial charge in [-0.05, 0) is 83.9 Å². The SMILES string of the molecule is CCC(C)C(=O)NC1CSCC1C.[B]C(C)(CC(=O)NCCCCC(NC(=O)CN(C)C)C(C)=O)OCCC(C)(C)SCCCCC. The first-order valence-electron chi connectivity index (χ1n) is 17.6. The fourth-order valence-electron chi connectivity index (χ4n) is 4.70. The smallest absolute Gasteiger partial charge is 0.234 e. The van der Waals surface area contributed by atoms with Gasteiger partial charge in [-0.15, -0.1) is 0 Å². The van der Waals surface area contributed by atoms with Gasteiger partial charge in [-0.25, -0.2) is 0 Å². The first-order chi connectivity index (χ1) is 21.9. The van der Waals surface area contributed by atoms with Crippen LogP contribution in [0.1, 0.15) is 113 Å². The van der Waals surface area contributed by atoms with Crippen LogP contribution in [0.5, 0.6) is 0 Å². The molecular weight excluding hydrogens is 631 g/mol. The van der Waals surface area contributed by atoms with Crippen molar-refractivity contribution in [2.75, 3.05) is 51.1 Å². The van der Waals surface area contributed by atoms with Crippen molar-refractivity contribution < 1.29 is 23.9 Å². The van der Waals surface area contributed by atoms with Crippen molar-refractivity contribution in [2.24, 2.45) is 11.8 Å². The van der Waals surface area contributed by atoms with E-state index in [1.807, 2.05) is 30.4 Å². The van der Waals surface area contributed by atoms with Gasteiger partial charge < -0.3 is 25.6 Å². The van der Waals surface area contributed by atoms with Crippen LogP contribution >= 0.6 is 23.5 Å². The lowest BCUT2D eigenvalue weighted by Crippen LogP contribution is -2.43. The number of hydrogen-bond donors (Lipinski definition) is 3. The number of unbranched alkanes of at least 4 members (excludes halogenated alkanes) is 3. The molecule has 0 aromatic rings. The standard InChI is InChI=1S/C25H48BN3O4S.C10H19NOS/c1-8-9-12-17-34-24(3,4)14-16-33-25(5,26)18-22(31)27-15-11-10-13-21(20(2)30)28-23(32)19-29(6)7;1-4-7(2)10(12)11-9-6-13-5-8(9)3/h21H,8-19H2,1-7H3,(H,27,31)(H,28,32);7-9H,4-6H2,1-3H3,(H,11,12). The lowest BCUT2D eigenvalue weighted by molar-refractivity contribution is -0.127. The van der Waals surface area contributed by atoms with Gasteiger partial charge in [0.2, 0.25) is 17.7 Å². The van der Waals surface area contributed by atoms with E-state index in [1.54, 1.807) is 25.9 Å². The van der Waals surface area contributed by atoms with E-state index in [4.69, 9.17) is 12.6 Å². The maximum Gasteiger partial charge on any atom is 0.234 e. The van der Waals surface area contributed by atoms with Crippen molar-refractivity contribution in [3.63, 3.8) is 0 Å². The van der Waals surface area contributed by atoms with Crippen LogP contribution in [0.25, 0.3) is 0 Å². The van der Waals surface area contributed by atoms with Gasteiger partial charge in [0.1, 0.15) is 7.85 Å². The zero-order valence-electron chi connectivity index (χ0n) is 31.3. The molecule has 0 aliphatic carbocycles. The topological polar surface area (TPSA) is 117 Å². The van der Waals surface area contributed by atoms with Gasteiger partial charge in [0.05, 0.1) is 12.6 Å². The fourth-order valence-corrected chi connectivity index (χ4v) is 7.23. The van der Waals surface area contributed by atoms with Gasteiger partial charge in [-0.1, -0.05) is 54.4 Å². The third-order valence-electron chi connectivity index (χ3n) is 8.17. The second-order valence-corrected chi connectivity index (χ2v) is 17.0. The van der Waals surface area contributed by atoms with Gasteiger partial charge in [-0.3, -0.25) is 19.2 Å². The normalized spacial score (nSPS) is 18.8. The molecule has 1 rings (SSSR count). The summed E-state index contributed by atoms with van der Waals surface area (Å²) >= 11 is 3.90. The molecule has 0 aromatic heterocycles. The minimum atomic E-state index is -1.01. The maximum atomic E-state index is 12.3. The van der Waals surface area contributed by atoms with Crippen LogP contribution in [0, 0.1) is 11.8 Å². The number of Topliss-reactive ketones (excluding diaryl/α,β-unsaturated/α-hetero) is 1. The first-order valence-corrected chi connectivity index (χ1v) is 19.7. The number of nitrogens with one attached hydrogen (secondary N) is 3. The van der Waals surface area contributed by atoms with Crippen LogP contribution in [0.3, 0.4) is 0 Å². The van der Waals surface area contributed by atoms with Crippen molar-refractivity contribution in [3.05, 3.63) is 0 Å². The minimum absolute atomic E-state index is 0.0604. The molecule has 3 amide bonds. The average molecular weight is 699 g/mol. The van der Waals surface area contributed by atoms with Crippen molar-refractivity contribution >= 4 is 54.9 Å². The van der Waals surface area contributed by atoms with E-state index in [9.17, 15) is 19.2 Å². The van der Waals surface area contributed by atoms with Crippen molar-refractivity contribution in [1.29, 1.82) is 0 Å². The molecule has 5 atom stereocenters. The Hall–Kier alpha value is -1.24. The zero-order chi connectivity index (χ0) is 36.0. The monoisotopic (exact) mass is 698 g/mol. The highest BCUT2D eigenvalue weighted by atomic mass is 32.2. The first kappa shape index (κ1) is 45.8. The van der Waals surface area contributed by atoms with Gasteiger partial charge in [0.25, 0.3) is 0 Å². The summed E-state index contributed by atoms with van der Waals surface area (Å²) in [5, 5.41) is 8.77. The highest BCUT2D eigenvalue weighted by molar-refractivity contribution is 8.00. The second kappa shape index (κ2) is 24.8. The van der Waals surface area contributed by atoms with E-state index < -0.39 is 11.5 Å². The van der Waals surface area contributed by atoms with E-state index in [0.717, 1.165) is 24.3 Å². The molecule has 1 aliphatic heterocycles. The predicted molar refractivity (Wildman–Crippen MR) is 201 cm³/mol. The zero-order valence-corrected chi connectivity index (χ0v) is 32.9. The largest absolute Gasteiger partial charge is 0.385 e. The molecule has 5 unspecified atom stereocenters. The lowest BCUT2D eigenvalue weighted by Gasteiger charge is -2.29. The van der Waals surface area contributed by atoms with Gasteiger partial charge in [0.15, 0.2) is 5.78 Å². The Morgan fingerprint density at radius 2 is 1.72 bits per heavy atom. The predicted octanol–water partition coefficient (Wildman–Crippen LogP) is 5.19. The number of carbonyl (C=O) groups excluding carboxylic acids is 4. The number of thioether (sulfide) groups is 2. The Bertz CT molecular complexity index is 922. The van der Waals surface area contributed by atoms with Crippen LogP contribution in [0.15, 0.2) is 0 Å².